The molecule has 106 valence electrons. The summed E-state index contributed by atoms with van der Waals surface area (Å²) in [6, 6.07) is 4.54. The number of hydrogen-bond donors (Lipinski definition) is 1. The third-order valence-electron chi connectivity index (χ3n) is 3.94. The van der Waals surface area contributed by atoms with Crippen LogP contribution in [0, 0.1) is 11.6 Å². The van der Waals surface area contributed by atoms with E-state index in [0.29, 0.717) is 5.82 Å². The van der Waals surface area contributed by atoms with E-state index in [1.807, 2.05) is 10.8 Å². The van der Waals surface area contributed by atoms with E-state index in [1.165, 1.54) is 6.07 Å². The van der Waals surface area contributed by atoms with E-state index < -0.39 is 11.6 Å². The summed E-state index contributed by atoms with van der Waals surface area (Å²) in [5.74, 6) is -1.22. The highest BCUT2D eigenvalue weighted by Gasteiger charge is 2.24. The van der Waals surface area contributed by atoms with Crippen molar-refractivity contribution in [3.05, 3.63) is 42.2 Å². The zero-order valence-electron chi connectivity index (χ0n) is 11.1. The van der Waals surface area contributed by atoms with E-state index in [-0.39, 0.29) is 17.6 Å². The molecule has 1 heterocycles. The monoisotopic (exact) mass is 277 g/mol. The highest BCUT2D eigenvalue weighted by Crippen LogP contribution is 2.32. The van der Waals surface area contributed by atoms with E-state index in [9.17, 15) is 8.78 Å². The summed E-state index contributed by atoms with van der Waals surface area (Å²) in [7, 11) is 0. The molecule has 0 aliphatic heterocycles. The van der Waals surface area contributed by atoms with Gasteiger partial charge in [0.25, 0.3) is 0 Å². The van der Waals surface area contributed by atoms with Crippen LogP contribution in [0.25, 0.3) is 11.4 Å². The number of nitrogens with two attached hydrogens (primary N) is 1. The summed E-state index contributed by atoms with van der Waals surface area (Å²) < 4.78 is 29.2. The van der Waals surface area contributed by atoms with Gasteiger partial charge in [0.2, 0.25) is 0 Å². The van der Waals surface area contributed by atoms with Crippen LogP contribution in [0.1, 0.15) is 31.7 Å². The van der Waals surface area contributed by atoms with E-state index in [0.717, 1.165) is 31.7 Å². The van der Waals surface area contributed by atoms with Gasteiger partial charge in [-0.05, 0) is 37.8 Å². The third-order valence-corrected chi connectivity index (χ3v) is 3.94. The van der Waals surface area contributed by atoms with Gasteiger partial charge >= 0.3 is 0 Å². The van der Waals surface area contributed by atoms with Crippen LogP contribution in [-0.4, -0.2) is 15.6 Å². The molecular weight excluding hydrogens is 260 g/mol. The molecule has 1 aliphatic rings. The third kappa shape index (κ3) is 2.33. The molecule has 1 saturated carbocycles. The SMILES string of the molecule is N[C@H]1CCC[C@@H](n2ccnc2-c2cccc(F)c2F)C1. The number of halogens is 2. The fourth-order valence-corrected chi connectivity index (χ4v) is 2.95. The maximum absolute atomic E-state index is 13.9. The van der Waals surface area contributed by atoms with Crippen molar-refractivity contribution in [3.8, 4) is 11.4 Å². The van der Waals surface area contributed by atoms with Gasteiger partial charge < -0.3 is 10.3 Å². The molecule has 0 bridgehead atoms. The molecule has 0 spiro atoms. The van der Waals surface area contributed by atoms with Gasteiger partial charge in [-0.15, -0.1) is 0 Å². The average Bonchev–Trinajstić information content (AvgIpc) is 2.91. The first-order valence-corrected chi connectivity index (χ1v) is 6.89. The maximum Gasteiger partial charge on any atom is 0.169 e. The molecule has 2 N–H and O–H groups in total. The lowest BCUT2D eigenvalue weighted by molar-refractivity contribution is 0.321. The van der Waals surface area contributed by atoms with Gasteiger partial charge in [-0.2, -0.15) is 0 Å². The highest BCUT2D eigenvalue weighted by molar-refractivity contribution is 5.56. The standard InChI is InChI=1S/C15H17F2N3/c16-13-6-2-5-12(14(13)17)15-19-7-8-20(15)11-4-1-3-10(18)9-11/h2,5-8,10-11H,1,3-4,9,18H2/t10-,11+/m0/s1. The van der Waals surface area contributed by atoms with Gasteiger partial charge in [0.15, 0.2) is 11.6 Å². The zero-order valence-corrected chi connectivity index (χ0v) is 11.1. The van der Waals surface area contributed by atoms with Crippen molar-refractivity contribution in [1.29, 1.82) is 0 Å². The highest BCUT2D eigenvalue weighted by atomic mass is 19.2. The van der Waals surface area contributed by atoms with Crippen molar-refractivity contribution in [3.63, 3.8) is 0 Å². The Hall–Kier alpha value is -1.75. The summed E-state index contributed by atoms with van der Waals surface area (Å²) in [4.78, 5) is 4.20. The van der Waals surface area contributed by atoms with E-state index in [1.54, 1.807) is 12.3 Å². The summed E-state index contributed by atoms with van der Waals surface area (Å²) in [6.45, 7) is 0. The topological polar surface area (TPSA) is 43.8 Å². The first-order valence-electron chi connectivity index (χ1n) is 6.89. The van der Waals surface area contributed by atoms with Gasteiger partial charge in [0.05, 0.1) is 5.56 Å². The van der Waals surface area contributed by atoms with Gasteiger partial charge in [0.1, 0.15) is 5.82 Å². The van der Waals surface area contributed by atoms with Gasteiger partial charge in [-0.25, -0.2) is 13.8 Å². The Morgan fingerprint density at radius 1 is 1.25 bits per heavy atom. The molecule has 2 atom stereocenters. The van der Waals surface area contributed by atoms with Crippen LogP contribution in [0.5, 0.6) is 0 Å². The van der Waals surface area contributed by atoms with Crippen LogP contribution in [-0.2, 0) is 0 Å². The molecule has 1 fully saturated rings. The van der Waals surface area contributed by atoms with Crippen LogP contribution < -0.4 is 5.73 Å². The Morgan fingerprint density at radius 3 is 2.90 bits per heavy atom. The molecule has 0 amide bonds. The predicted octanol–water partition coefficient (Wildman–Crippen LogP) is 3.27. The van der Waals surface area contributed by atoms with Crippen molar-refractivity contribution in [1.82, 2.24) is 9.55 Å². The predicted molar refractivity (Wildman–Crippen MR) is 73.1 cm³/mol. The van der Waals surface area contributed by atoms with Crippen LogP contribution in [0.3, 0.4) is 0 Å². The second kappa shape index (κ2) is 5.32. The molecule has 0 radical (unpaired) electrons. The first-order chi connectivity index (χ1) is 9.66. The number of benzene rings is 1. The molecule has 3 nitrogen and oxygen atoms in total. The normalized spacial score (nSPS) is 22.9. The number of imidazole rings is 1. The van der Waals surface area contributed by atoms with Crippen molar-refractivity contribution in [2.24, 2.45) is 5.73 Å². The molecule has 1 aromatic carbocycles. The number of hydrogen-bond acceptors (Lipinski definition) is 2. The fourth-order valence-electron chi connectivity index (χ4n) is 2.95. The van der Waals surface area contributed by atoms with Gasteiger partial charge in [0, 0.05) is 24.5 Å². The average molecular weight is 277 g/mol. The molecule has 20 heavy (non-hydrogen) atoms. The molecule has 5 heteroatoms. The molecule has 0 saturated heterocycles. The minimum atomic E-state index is -0.850. The van der Waals surface area contributed by atoms with Crippen molar-refractivity contribution in [2.45, 2.75) is 37.8 Å². The molecule has 1 aliphatic carbocycles. The van der Waals surface area contributed by atoms with E-state index >= 15 is 0 Å². The lowest BCUT2D eigenvalue weighted by Gasteiger charge is -2.28. The lowest BCUT2D eigenvalue weighted by Crippen LogP contribution is -2.29. The number of nitrogens with zero attached hydrogens (tertiary/aromatic N) is 2. The minimum Gasteiger partial charge on any atom is -0.328 e. The Labute approximate surface area is 116 Å². The first kappa shape index (κ1) is 13.2. The molecular formula is C15H17F2N3. The second-order valence-corrected chi connectivity index (χ2v) is 5.34. The van der Waals surface area contributed by atoms with Crippen molar-refractivity contribution < 1.29 is 8.78 Å². The van der Waals surface area contributed by atoms with Crippen LogP contribution in [0.2, 0.25) is 0 Å². The van der Waals surface area contributed by atoms with Crippen molar-refractivity contribution >= 4 is 0 Å². The molecule has 2 aromatic rings. The summed E-state index contributed by atoms with van der Waals surface area (Å²) >= 11 is 0. The van der Waals surface area contributed by atoms with Gasteiger partial charge in [-0.3, -0.25) is 0 Å². The maximum atomic E-state index is 13.9. The van der Waals surface area contributed by atoms with Crippen LogP contribution >= 0.6 is 0 Å². The lowest BCUT2D eigenvalue weighted by atomic mass is 9.91. The largest absolute Gasteiger partial charge is 0.328 e. The Morgan fingerprint density at radius 2 is 2.10 bits per heavy atom. The second-order valence-electron chi connectivity index (χ2n) is 5.34. The van der Waals surface area contributed by atoms with Crippen molar-refractivity contribution in [2.75, 3.05) is 0 Å². The smallest absolute Gasteiger partial charge is 0.169 e. The molecule has 1 aromatic heterocycles. The number of aromatic nitrogens is 2. The fraction of sp³-hybridized carbons (Fsp3) is 0.400. The zero-order chi connectivity index (χ0) is 14.1. The summed E-state index contributed by atoms with van der Waals surface area (Å²) in [6.07, 6.45) is 7.36. The summed E-state index contributed by atoms with van der Waals surface area (Å²) in [5, 5.41) is 0. The number of rotatable bonds is 2. The van der Waals surface area contributed by atoms with Crippen LogP contribution in [0.15, 0.2) is 30.6 Å². The quantitative estimate of drug-likeness (QED) is 0.915. The molecule has 3 rings (SSSR count). The summed E-state index contributed by atoms with van der Waals surface area (Å²) in [5.41, 5.74) is 6.21. The van der Waals surface area contributed by atoms with E-state index in [2.05, 4.69) is 4.98 Å². The van der Waals surface area contributed by atoms with E-state index in [4.69, 9.17) is 5.73 Å². The molecule has 0 unspecified atom stereocenters. The van der Waals surface area contributed by atoms with Crippen LogP contribution in [0.4, 0.5) is 8.78 Å². The Bertz CT molecular complexity index is 609. The Kier molecular flexibility index (Phi) is 3.53. The minimum absolute atomic E-state index is 0.168. The Balaban J connectivity index is 1.99. The van der Waals surface area contributed by atoms with Gasteiger partial charge in [-0.1, -0.05) is 6.07 Å².